The minimum Gasteiger partial charge on any atom is -0.325 e. The van der Waals surface area contributed by atoms with Crippen LogP contribution in [0.5, 0.6) is 0 Å². The molecule has 17 heavy (non-hydrogen) atoms. The number of anilines is 1. The molecule has 1 unspecified atom stereocenters. The Labute approximate surface area is 101 Å². The SMILES string of the molecule is CNC(C)C(=O)Nc1cccc(S(C)(=O)=O)c1. The zero-order valence-corrected chi connectivity index (χ0v) is 10.8. The summed E-state index contributed by atoms with van der Waals surface area (Å²) in [6, 6.07) is 5.84. The van der Waals surface area contributed by atoms with Crippen molar-refractivity contribution >= 4 is 21.4 Å². The highest BCUT2D eigenvalue weighted by Gasteiger charge is 2.12. The summed E-state index contributed by atoms with van der Waals surface area (Å²) >= 11 is 0. The van der Waals surface area contributed by atoms with Gasteiger partial charge in [-0.15, -0.1) is 0 Å². The standard InChI is InChI=1S/C11H16N2O3S/c1-8(12-2)11(14)13-9-5-4-6-10(7-9)17(3,15)16/h4-8,12H,1-3H3,(H,13,14). The molecule has 0 saturated carbocycles. The molecule has 0 bridgehead atoms. The monoisotopic (exact) mass is 256 g/mol. The van der Waals surface area contributed by atoms with Crippen LogP contribution in [0.3, 0.4) is 0 Å². The molecule has 0 saturated heterocycles. The molecule has 6 heteroatoms. The Hall–Kier alpha value is -1.40. The van der Waals surface area contributed by atoms with Crippen molar-refractivity contribution in [3.8, 4) is 0 Å². The first-order valence-electron chi connectivity index (χ1n) is 5.13. The lowest BCUT2D eigenvalue weighted by atomic mass is 10.3. The largest absolute Gasteiger partial charge is 0.325 e. The van der Waals surface area contributed by atoms with Gasteiger partial charge in [-0.2, -0.15) is 0 Å². The summed E-state index contributed by atoms with van der Waals surface area (Å²) in [4.78, 5) is 11.8. The summed E-state index contributed by atoms with van der Waals surface area (Å²) in [5.41, 5.74) is 0.472. The molecule has 0 aliphatic heterocycles. The maximum absolute atomic E-state index is 11.6. The third-order valence-electron chi connectivity index (χ3n) is 2.36. The lowest BCUT2D eigenvalue weighted by Crippen LogP contribution is -2.35. The highest BCUT2D eigenvalue weighted by molar-refractivity contribution is 7.90. The van der Waals surface area contributed by atoms with E-state index in [9.17, 15) is 13.2 Å². The fourth-order valence-electron chi connectivity index (χ4n) is 1.19. The smallest absolute Gasteiger partial charge is 0.241 e. The van der Waals surface area contributed by atoms with E-state index in [0.717, 1.165) is 6.26 Å². The van der Waals surface area contributed by atoms with E-state index in [4.69, 9.17) is 0 Å². The third kappa shape index (κ3) is 3.83. The second kappa shape index (κ2) is 5.29. The van der Waals surface area contributed by atoms with Gasteiger partial charge < -0.3 is 10.6 Å². The van der Waals surface area contributed by atoms with Gasteiger partial charge in [0.15, 0.2) is 9.84 Å². The maximum atomic E-state index is 11.6. The number of likely N-dealkylation sites (N-methyl/N-ethyl adjacent to an activating group) is 1. The Morgan fingerprint density at radius 3 is 2.53 bits per heavy atom. The molecule has 0 spiro atoms. The van der Waals surface area contributed by atoms with E-state index in [1.54, 1.807) is 26.1 Å². The van der Waals surface area contributed by atoms with Gasteiger partial charge in [-0.25, -0.2) is 8.42 Å². The molecule has 0 aliphatic carbocycles. The van der Waals surface area contributed by atoms with Crippen LogP contribution < -0.4 is 10.6 Å². The number of hydrogen-bond donors (Lipinski definition) is 2. The van der Waals surface area contributed by atoms with Crippen LogP contribution in [0.25, 0.3) is 0 Å². The Balaban J connectivity index is 2.91. The van der Waals surface area contributed by atoms with Crippen LogP contribution in [0.4, 0.5) is 5.69 Å². The van der Waals surface area contributed by atoms with E-state index in [2.05, 4.69) is 10.6 Å². The van der Waals surface area contributed by atoms with Crippen molar-refractivity contribution in [3.63, 3.8) is 0 Å². The van der Waals surface area contributed by atoms with Gasteiger partial charge in [-0.3, -0.25) is 4.79 Å². The molecule has 0 aromatic heterocycles. The second-order valence-electron chi connectivity index (χ2n) is 3.80. The number of carbonyl (C=O) groups excluding carboxylic acids is 1. The second-order valence-corrected chi connectivity index (χ2v) is 5.82. The number of rotatable bonds is 4. The van der Waals surface area contributed by atoms with E-state index < -0.39 is 9.84 Å². The van der Waals surface area contributed by atoms with Crippen molar-refractivity contribution in [2.75, 3.05) is 18.6 Å². The molecule has 0 aliphatic rings. The van der Waals surface area contributed by atoms with Crippen molar-refractivity contribution < 1.29 is 13.2 Å². The van der Waals surface area contributed by atoms with Gasteiger partial charge in [-0.05, 0) is 32.2 Å². The fourth-order valence-corrected chi connectivity index (χ4v) is 1.85. The number of carbonyl (C=O) groups is 1. The summed E-state index contributed by atoms with van der Waals surface area (Å²) in [6.07, 6.45) is 1.13. The summed E-state index contributed by atoms with van der Waals surface area (Å²) in [5, 5.41) is 5.44. The molecule has 0 fully saturated rings. The van der Waals surface area contributed by atoms with Gasteiger partial charge in [-0.1, -0.05) is 6.07 Å². The number of hydrogen-bond acceptors (Lipinski definition) is 4. The molecule has 1 rings (SSSR count). The minimum atomic E-state index is -3.25. The fraction of sp³-hybridized carbons (Fsp3) is 0.364. The molecule has 1 aromatic rings. The number of nitrogens with one attached hydrogen (secondary N) is 2. The molecule has 1 amide bonds. The lowest BCUT2D eigenvalue weighted by molar-refractivity contribution is -0.117. The van der Waals surface area contributed by atoms with Gasteiger partial charge in [0.1, 0.15) is 0 Å². The molecular formula is C11H16N2O3S. The van der Waals surface area contributed by atoms with Crippen LogP contribution in [0.1, 0.15) is 6.92 Å². The van der Waals surface area contributed by atoms with Crippen molar-refractivity contribution in [2.45, 2.75) is 17.9 Å². The first-order chi connectivity index (χ1) is 7.84. The van der Waals surface area contributed by atoms with E-state index >= 15 is 0 Å². The summed E-state index contributed by atoms with van der Waals surface area (Å²) < 4.78 is 22.7. The Morgan fingerprint density at radius 1 is 1.35 bits per heavy atom. The lowest BCUT2D eigenvalue weighted by Gasteiger charge is -2.11. The Bertz CT molecular complexity index is 511. The van der Waals surface area contributed by atoms with Gasteiger partial charge in [0.25, 0.3) is 0 Å². The van der Waals surface area contributed by atoms with Gasteiger partial charge in [0, 0.05) is 11.9 Å². The zero-order valence-electron chi connectivity index (χ0n) is 10.0. The molecular weight excluding hydrogens is 240 g/mol. The number of amides is 1. The van der Waals surface area contributed by atoms with Crippen molar-refractivity contribution in [2.24, 2.45) is 0 Å². The third-order valence-corrected chi connectivity index (χ3v) is 3.47. The normalized spacial score (nSPS) is 13.1. The van der Waals surface area contributed by atoms with E-state index in [1.807, 2.05) is 0 Å². The van der Waals surface area contributed by atoms with Crippen LogP contribution in [-0.2, 0) is 14.6 Å². The summed E-state index contributed by atoms with van der Waals surface area (Å²) in [5.74, 6) is -0.210. The quantitative estimate of drug-likeness (QED) is 0.829. The van der Waals surface area contributed by atoms with Crippen molar-refractivity contribution in [3.05, 3.63) is 24.3 Å². The topological polar surface area (TPSA) is 75.3 Å². The van der Waals surface area contributed by atoms with Crippen LogP contribution in [0.2, 0.25) is 0 Å². The van der Waals surface area contributed by atoms with E-state index in [0.29, 0.717) is 5.69 Å². The number of benzene rings is 1. The predicted molar refractivity (Wildman–Crippen MR) is 66.7 cm³/mol. The van der Waals surface area contributed by atoms with Crippen LogP contribution in [0, 0.1) is 0 Å². The van der Waals surface area contributed by atoms with Gasteiger partial charge in [0.2, 0.25) is 5.91 Å². The molecule has 1 atom stereocenters. The summed E-state index contributed by atoms with van der Waals surface area (Å²) in [7, 11) is -1.58. The highest BCUT2D eigenvalue weighted by Crippen LogP contribution is 2.15. The molecule has 1 aromatic carbocycles. The molecule has 0 heterocycles. The predicted octanol–water partition coefficient (Wildman–Crippen LogP) is 0.636. The molecule has 2 N–H and O–H groups in total. The van der Waals surface area contributed by atoms with Crippen LogP contribution in [0.15, 0.2) is 29.2 Å². The molecule has 94 valence electrons. The van der Waals surface area contributed by atoms with E-state index in [-0.39, 0.29) is 16.8 Å². The molecule has 0 radical (unpaired) electrons. The Kier molecular flexibility index (Phi) is 4.25. The zero-order chi connectivity index (χ0) is 13.1. The maximum Gasteiger partial charge on any atom is 0.241 e. The number of sulfone groups is 1. The van der Waals surface area contributed by atoms with Gasteiger partial charge in [0.05, 0.1) is 10.9 Å². The molecule has 5 nitrogen and oxygen atoms in total. The Morgan fingerprint density at radius 2 is 2.00 bits per heavy atom. The first kappa shape index (κ1) is 13.7. The van der Waals surface area contributed by atoms with Crippen LogP contribution >= 0.6 is 0 Å². The van der Waals surface area contributed by atoms with Gasteiger partial charge >= 0.3 is 0 Å². The summed E-state index contributed by atoms with van der Waals surface area (Å²) in [6.45, 7) is 1.72. The average molecular weight is 256 g/mol. The van der Waals surface area contributed by atoms with Crippen LogP contribution in [-0.4, -0.2) is 33.7 Å². The average Bonchev–Trinajstić information content (AvgIpc) is 2.27. The highest BCUT2D eigenvalue weighted by atomic mass is 32.2. The minimum absolute atomic E-state index is 0.187. The van der Waals surface area contributed by atoms with Crippen molar-refractivity contribution in [1.29, 1.82) is 0 Å². The van der Waals surface area contributed by atoms with Crippen molar-refractivity contribution in [1.82, 2.24) is 5.32 Å². The van der Waals surface area contributed by atoms with E-state index in [1.165, 1.54) is 12.1 Å². The first-order valence-corrected chi connectivity index (χ1v) is 7.02.